The first kappa shape index (κ1) is 10.8. The summed E-state index contributed by atoms with van der Waals surface area (Å²) in [7, 11) is 3.18. The van der Waals surface area contributed by atoms with Crippen molar-refractivity contribution in [1.82, 2.24) is 0 Å². The Hall–Kier alpha value is -0.740. The number of carbonyl (C=O) groups is 2. The van der Waals surface area contributed by atoms with Gasteiger partial charge in [-0.3, -0.25) is 9.59 Å². The maximum atomic E-state index is 11.5. The summed E-state index contributed by atoms with van der Waals surface area (Å²) in [5.74, 6) is -0.452. The SMILES string of the molecule is COC1(OC)C2CC(=O)CC1CC(=O)C2. The van der Waals surface area contributed by atoms with Gasteiger partial charge in [-0.25, -0.2) is 0 Å². The van der Waals surface area contributed by atoms with Crippen LogP contribution in [0.4, 0.5) is 0 Å². The summed E-state index contributed by atoms with van der Waals surface area (Å²) in [6.45, 7) is 0. The third-order valence-electron chi connectivity index (χ3n) is 3.67. The third kappa shape index (κ3) is 1.52. The van der Waals surface area contributed by atoms with Gasteiger partial charge in [0.1, 0.15) is 11.6 Å². The standard InChI is InChI=1S/C11H16O4/c1-14-11(15-2)7-3-9(12)5-8(11)6-10(13)4-7/h7-8H,3-6H2,1-2H3. The number of rotatable bonds is 2. The maximum absolute atomic E-state index is 11.5. The van der Waals surface area contributed by atoms with E-state index in [1.165, 1.54) is 0 Å². The first-order valence-corrected chi connectivity index (χ1v) is 5.26. The van der Waals surface area contributed by atoms with Crippen LogP contribution in [0.25, 0.3) is 0 Å². The van der Waals surface area contributed by atoms with Gasteiger partial charge in [0.25, 0.3) is 0 Å². The maximum Gasteiger partial charge on any atom is 0.174 e. The van der Waals surface area contributed by atoms with Gasteiger partial charge < -0.3 is 9.47 Å². The van der Waals surface area contributed by atoms with Crippen LogP contribution in [0.3, 0.4) is 0 Å². The Morgan fingerprint density at radius 3 is 1.53 bits per heavy atom. The minimum Gasteiger partial charge on any atom is -0.353 e. The number of methoxy groups -OCH3 is 2. The second-order valence-electron chi connectivity index (χ2n) is 4.42. The monoisotopic (exact) mass is 212 g/mol. The fourth-order valence-electron chi connectivity index (χ4n) is 3.06. The highest BCUT2D eigenvalue weighted by Gasteiger charge is 2.55. The zero-order chi connectivity index (χ0) is 11.1. The molecule has 0 saturated heterocycles. The summed E-state index contributed by atoms with van der Waals surface area (Å²) < 4.78 is 10.9. The number of Topliss-reactive ketones (excluding diaryl/α,β-unsaturated/α-hetero) is 2. The van der Waals surface area contributed by atoms with Crippen LogP contribution in [0, 0.1) is 11.8 Å². The van der Waals surface area contributed by atoms with Crippen LogP contribution in [0.15, 0.2) is 0 Å². The molecule has 2 bridgehead atoms. The van der Waals surface area contributed by atoms with Crippen LogP contribution in [-0.2, 0) is 19.1 Å². The van der Waals surface area contributed by atoms with E-state index in [2.05, 4.69) is 0 Å². The molecule has 2 saturated carbocycles. The Bertz CT molecular complexity index is 251. The van der Waals surface area contributed by atoms with Gasteiger partial charge in [0.15, 0.2) is 5.79 Å². The van der Waals surface area contributed by atoms with Crippen molar-refractivity contribution >= 4 is 11.6 Å². The van der Waals surface area contributed by atoms with Gasteiger partial charge in [0.2, 0.25) is 0 Å². The Morgan fingerprint density at radius 2 is 1.27 bits per heavy atom. The van der Waals surface area contributed by atoms with Crippen LogP contribution in [0.1, 0.15) is 25.7 Å². The summed E-state index contributed by atoms with van der Waals surface area (Å²) in [4.78, 5) is 23.0. The van der Waals surface area contributed by atoms with E-state index in [0.717, 1.165) is 0 Å². The van der Waals surface area contributed by atoms with E-state index in [4.69, 9.17) is 9.47 Å². The number of fused-ring (bicyclic) bond motifs is 2. The molecule has 0 unspecified atom stereocenters. The summed E-state index contributed by atoms with van der Waals surface area (Å²) in [5.41, 5.74) is 0. The number of hydrogen-bond donors (Lipinski definition) is 0. The third-order valence-corrected chi connectivity index (χ3v) is 3.67. The molecule has 0 aliphatic heterocycles. The zero-order valence-electron chi connectivity index (χ0n) is 9.12. The zero-order valence-corrected chi connectivity index (χ0v) is 9.12. The number of ketones is 2. The van der Waals surface area contributed by atoms with E-state index in [1.54, 1.807) is 14.2 Å². The highest BCUT2D eigenvalue weighted by atomic mass is 16.7. The molecule has 2 aliphatic rings. The quantitative estimate of drug-likeness (QED) is 0.639. The molecule has 84 valence electrons. The predicted molar refractivity (Wildman–Crippen MR) is 52.2 cm³/mol. The first-order chi connectivity index (χ1) is 7.12. The Kier molecular flexibility index (Phi) is 2.64. The summed E-state index contributed by atoms with van der Waals surface area (Å²) in [6, 6.07) is 0. The fraction of sp³-hybridized carbons (Fsp3) is 0.818. The van der Waals surface area contributed by atoms with E-state index in [9.17, 15) is 9.59 Å². The van der Waals surface area contributed by atoms with E-state index in [1.807, 2.05) is 0 Å². The molecule has 0 aromatic carbocycles. The normalized spacial score (nSPS) is 34.3. The lowest BCUT2D eigenvalue weighted by atomic mass is 9.66. The topological polar surface area (TPSA) is 52.6 Å². The van der Waals surface area contributed by atoms with Gasteiger partial charge in [-0.15, -0.1) is 0 Å². The molecule has 0 amide bonds. The van der Waals surface area contributed by atoms with E-state index < -0.39 is 5.79 Å². The fourth-order valence-corrected chi connectivity index (χ4v) is 3.06. The van der Waals surface area contributed by atoms with Crippen molar-refractivity contribution < 1.29 is 19.1 Å². The van der Waals surface area contributed by atoms with Crippen molar-refractivity contribution in [2.75, 3.05) is 14.2 Å². The van der Waals surface area contributed by atoms with Gasteiger partial charge in [-0.1, -0.05) is 0 Å². The van der Waals surface area contributed by atoms with E-state index in [-0.39, 0.29) is 23.4 Å². The summed E-state index contributed by atoms with van der Waals surface area (Å²) >= 11 is 0. The van der Waals surface area contributed by atoms with Crippen LogP contribution in [-0.4, -0.2) is 31.6 Å². The van der Waals surface area contributed by atoms with Crippen LogP contribution >= 0.6 is 0 Å². The van der Waals surface area contributed by atoms with Gasteiger partial charge in [-0.2, -0.15) is 0 Å². The van der Waals surface area contributed by atoms with E-state index in [0.29, 0.717) is 25.7 Å². The second kappa shape index (κ2) is 3.68. The van der Waals surface area contributed by atoms with Crippen LogP contribution in [0.5, 0.6) is 0 Å². The molecule has 2 rings (SSSR count). The van der Waals surface area contributed by atoms with Crippen molar-refractivity contribution in [2.24, 2.45) is 11.8 Å². The van der Waals surface area contributed by atoms with Crippen LogP contribution < -0.4 is 0 Å². The lowest BCUT2D eigenvalue weighted by Crippen LogP contribution is -2.57. The molecular formula is C11H16O4. The lowest BCUT2D eigenvalue weighted by molar-refractivity contribution is -0.285. The molecule has 0 heterocycles. The molecule has 15 heavy (non-hydrogen) atoms. The minimum absolute atomic E-state index is 0.0972. The molecule has 4 heteroatoms. The average molecular weight is 212 g/mol. The molecule has 0 aromatic rings. The molecule has 2 fully saturated rings. The van der Waals surface area contributed by atoms with Gasteiger partial charge in [0, 0.05) is 51.7 Å². The molecule has 0 spiro atoms. The Labute approximate surface area is 88.9 Å². The number of carbonyl (C=O) groups excluding carboxylic acids is 2. The minimum atomic E-state index is -0.707. The van der Waals surface area contributed by atoms with Gasteiger partial charge in [0.05, 0.1) is 0 Å². The lowest BCUT2D eigenvalue weighted by Gasteiger charge is -2.49. The molecule has 0 radical (unpaired) electrons. The number of ether oxygens (including phenoxy) is 2. The largest absolute Gasteiger partial charge is 0.353 e. The molecule has 0 aromatic heterocycles. The van der Waals surface area contributed by atoms with Crippen molar-refractivity contribution in [1.29, 1.82) is 0 Å². The molecule has 2 aliphatic carbocycles. The highest BCUT2D eigenvalue weighted by molar-refractivity contribution is 5.86. The number of hydrogen-bond acceptors (Lipinski definition) is 4. The second-order valence-corrected chi connectivity index (χ2v) is 4.42. The van der Waals surface area contributed by atoms with Crippen molar-refractivity contribution in [3.63, 3.8) is 0 Å². The predicted octanol–water partition coefficient (Wildman–Crippen LogP) is 0.934. The first-order valence-electron chi connectivity index (χ1n) is 5.26. The Morgan fingerprint density at radius 1 is 0.933 bits per heavy atom. The van der Waals surface area contributed by atoms with E-state index >= 15 is 0 Å². The Balaban J connectivity index is 2.32. The summed E-state index contributed by atoms with van der Waals surface area (Å²) in [5, 5.41) is 0. The van der Waals surface area contributed by atoms with Crippen molar-refractivity contribution in [3.8, 4) is 0 Å². The highest BCUT2D eigenvalue weighted by Crippen LogP contribution is 2.47. The van der Waals surface area contributed by atoms with Gasteiger partial charge in [-0.05, 0) is 0 Å². The molecule has 4 nitrogen and oxygen atoms in total. The smallest absolute Gasteiger partial charge is 0.174 e. The summed E-state index contributed by atoms with van der Waals surface area (Å²) in [6.07, 6.45) is 1.63. The van der Waals surface area contributed by atoms with Crippen molar-refractivity contribution in [2.45, 2.75) is 31.5 Å². The van der Waals surface area contributed by atoms with Gasteiger partial charge >= 0.3 is 0 Å². The molecule has 0 atom stereocenters. The molecule has 0 N–H and O–H groups in total. The molecular weight excluding hydrogens is 196 g/mol. The van der Waals surface area contributed by atoms with Crippen molar-refractivity contribution in [3.05, 3.63) is 0 Å². The van der Waals surface area contributed by atoms with Crippen LogP contribution in [0.2, 0.25) is 0 Å². The average Bonchev–Trinajstić information content (AvgIpc) is 2.17.